The summed E-state index contributed by atoms with van der Waals surface area (Å²) in [6.45, 7) is 7.36. The Bertz CT molecular complexity index is 277. The molecule has 0 aromatic heterocycles. The molecule has 0 heterocycles. The van der Waals surface area contributed by atoms with Crippen molar-refractivity contribution in [2.24, 2.45) is 23.7 Å². The van der Waals surface area contributed by atoms with Crippen molar-refractivity contribution in [3.63, 3.8) is 0 Å². The first-order valence-electron chi connectivity index (χ1n) is 7.30. The van der Waals surface area contributed by atoms with E-state index < -0.39 is 12.1 Å². The average molecular weight is 272 g/mol. The monoisotopic (exact) mass is 272 g/mol. The molecule has 19 heavy (non-hydrogen) atoms. The predicted molar refractivity (Wildman–Crippen MR) is 74.1 cm³/mol. The van der Waals surface area contributed by atoms with Crippen LogP contribution in [0, 0.1) is 23.7 Å². The second-order valence-electron chi connectivity index (χ2n) is 6.11. The van der Waals surface area contributed by atoms with Gasteiger partial charge in [0.2, 0.25) is 0 Å². The third-order valence-corrected chi connectivity index (χ3v) is 4.29. The summed E-state index contributed by atoms with van der Waals surface area (Å²) in [6.07, 6.45) is 2.57. The highest BCUT2D eigenvalue weighted by Crippen LogP contribution is 2.40. The van der Waals surface area contributed by atoms with Crippen molar-refractivity contribution in [2.75, 3.05) is 20.3 Å². The van der Waals surface area contributed by atoms with Gasteiger partial charge in [0.15, 0.2) is 6.10 Å². The van der Waals surface area contributed by atoms with E-state index in [1.54, 1.807) is 7.11 Å². The molecule has 112 valence electrons. The Morgan fingerprint density at radius 2 is 1.95 bits per heavy atom. The fraction of sp³-hybridized carbons (Fsp3) is 0.933. The summed E-state index contributed by atoms with van der Waals surface area (Å²) in [5.41, 5.74) is 0. The summed E-state index contributed by atoms with van der Waals surface area (Å²) >= 11 is 0. The molecule has 0 spiro atoms. The number of hydrogen-bond donors (Lipinski definition) is 1. The molecule has 1 aliphatic rings. The zero-order valence-corrected chi connectivity index (χ0v) is 12.6. The zero-order chi connectivity index (χ0) is 14.4. The molecule has 0 bridgehead atoms. The number of carboxylic acid groups (broad SMARTS) is 1. The lowest BCUT2D eigenvalue weighted by atomic mass is 9.68. The number of hydrogen-bond acceptors (Lipinski definition) is 3. The van der Waals surface area contributed by atoms with Crippen LogP contribution in [0.15, 0.2) is 0 Å². The Kier molecular flexibility index (Phi) is 6.80. The third-order valence-electron chi connectivity index (χ3n) is 4.29. The van der Waals surface area contributed by atoms with Crippen LogP contribution in [0.3, 0.4) is 0 Å². The molecule has 1 fully saturated rings. The van der Waals surface area contributed by atoms with E-state index in [-0.39, 0.29) is 5.92 Å². The minimum atomic E-state index is -0.833. The summed E-state index contributed by atoms with van der Waals surface area (Å²) in [5, 5.41) is 9.44. The molecular formula is C15H28O4. The molecule has 4 nitrogen and oxygen atoms in total. The Labute approximate surface area is 116 Å². The molecular weight excluding hydrogens is 244 g/mol. The van der Waals surface area contributed by atoms with Crippen LogP contribution in [-0.4, -0.2) is 37.5 Å². The fourth-order valence-corrected chi connectivity index (χ4v) is 3.26. The molecule has 0 aromatic rings. The Hall–Kier alpha value is -0.610. The van der Waals surface area contributed by atoms with Gasteiger partial charge in [-0.1, -0.05) is 27.2 Å². The molecule has 1 unspecified atom stereocenters. The molecule has 4 heteroatoms. The highest BCUT2D eigenvalue weighted by atomic mass is 16.5. The average Bonchev–Trinajstić information content (AvgIpc) is 2.33. The Balaban J connectivity index is 2.74. The molecule has 0 amide bonds. The Morgan fingerprint density at radius 1 is 1.26 bits per heavy atom. The van der Waals surface area contributed by atoms with Crippen molar-refractivity contribution < 1.29 is 19.4 Å². The summed E-state index contributed by atoms with van der Waals surface area (Å²) < 4.78 is 10.5. The van der Waals surface area contributed by atoms with Gasteiger partial charge in [-0.05, 0) is 36.5 Å². The molecule has 1 N–H and O–H groups in total. The van der Waals surface area contributed by atoms with E-state index in [1.165, 1.54) is 6.42 Å². The van der Waals surface area contributed by atoms with Crippen LogP contribution in [0.5, 0.6) is 0 Å². The van der Waals surface area contributed by atoms with Gasteiger partial charge in [-0.3, -0.25) is 0 Å². The topological polar surface area (TPSA) is 55.8 Å². The van der Waals surface area contributed by atoms with Gasteiger partial charge in [-0.25, -0.2) is 4.79 Å². The maximum atomic E-state index is 11.5. The van der Waals surface area contributed by atoms with Crippen molar-refractivity contribution in [2.45, 2.75) is 46.1 Å². The number of carbonyl (C=O) groups is 1. The lowest BCUT2D eigenvalue weighted by molar-refractivity contribution is -0.159. The third kappa shape index (κ3) is 4.77. The summed E-state index contributed by atoms with van der Waals surface area (Å²) in [5.74, 6) is 0.831. The van der Waals surface area contributed by atoms with Gasteiger partial charge in [0.05, 0.1) is 13.2 Å². The molecule has 0 aliphatic heterocycles. The first-order chi connectivity index (χ1) is 8.97. The zero-order valence-electron chi connectivity index (χ0n) is 12.6. The van der Waals surface area contributed by atoms with E-state index in [4.69, 9.17) is 9.47 Å². The van der Waals surface area contributed by atoms with Crippen LogP contribution < -0.4 is 0 Å². The van der Waals surface area contributed by atoms with E-state index in [0.29, 0.717) is 31.0 Å². The number of methoxy groups -OCH3 is 1. The minimum Gasteiger partial charge on any atom is -0.479 e. The standard InChI is InChI=1S/C15H28O4/c1-10(2)12-6-5-11(3)9-13(12)14(15(16)17)19-8-7-18-4/h10-14H,5-9H2,1-4H3,(H,16,17)/t11-,12+,13?,14-/m1/s1. The van der Waals surface area contributed by atoms with Crippen molar-refractivity contribution in [1.82, 2.24) is 0 Å². The lowest BCUT2D eigenvalue weighted by Crippen LogP contribution is -2.42. The van der Waals surface area contributed by atoms with E-state index in [9.17, 15) is 9.90 Å². The van der Waals surface area contributed by atoms with E-state index in [1.807, 2.05) is 0 Å². The van der Waals surface area contributed by atoms with Crippen LogP contribution in [0.1, 0.15) is 40.0 Å². The highest BCUT2D eigenvalue weighted by molar-refractivity contribution is 5.72. The van der Waals surface area contributed by atoms with Gasteiger partial charge in [0.25, 0.3) is 0 Å². The molecule has 1 aliphatic carbocycles. The minimum absolute atomic E-state index is 0.123. The van der Waals surface area contributed by atoms with Crippen molar-refractivity contribution in [3.05, 3.63) is 0 Å². The number of aliphatic carboxylic acids is 1. The molecule has 0 radical (unpaired) electrons. The summed E-state index contributed by atoms with van der Waals surface area (Å²) in [4.78, 5) is 11.5. The van der Waals surface area contributed by atoms with E-state index in [0.717, 1.165) is 12.8 Å². The second-order valence-corrected chi connectivity index (χ2v) is 6.11. The summed E-state index contributed by atoms with van der Waals surface area (Å²) in [6, 6.07) is 0. The van der Waals surface area contributed by atoms with Crippen LogP contribution in [0.4, 0.5) is 0 Å². The Morgan fingerprint density at radius 3 is 2.47 bits per heavy atom. The van der Waals surface area contributed by atoms with Crippen LogP contribution in [-0.2, 0) is 14.3 Å². The number of rotatable bonds is 7. The largest absolute Gasteiger partial charge is 0.479 e. The fourth-order valence-electron chi connectivity index (χ4n) is 3.26. The first-order valence-corrected chi connectivity index (χ1v) is 7.30. The molecule has 0 saturated heterocycles. The SMILES string of the molecule is COCCO[C@@H](C(=O)O)C1C[C@H](C)CC[C@H]1C(C)C. The normalized spacial score (nSPS) is 29.4. The number of ether oxygens (including phenoxy) is 2. The smallest absolute Gasteiger partial charge is 0.333 e. The van der Waals surface area contributed by atoms with Crippen molar-refractivity contribution in [1.29, 1.82) is 0 Å². The maximum Gasteiger partial charge on any atom is 0.333 e. The second kappa shape index (κ2) is 7.85. The maximum absolute atomic E-state index is 11.5. The summed E-state index contributed by atoms with van der Waals surface area (Å²) in [7, 11) is 1.60. The predicted octanol–water partition coefficient (Wildman–Crippen LogP) is 2.81. The van der Waals surface area contributed by atoms with Gasteiger partial charge < -0.3 is 14.6 Å². The van der Waals surface area contributed by atoms with Gasteiger partial charge in [-0.2, -0.15) is 0 Å². The number of carboxylic acids is 1. The van der Waals surface area contributed by atoms with Gasteiger partial charge in [-0.15, -0.1) is 0 Å². The van der Waals surface area contributed by atoms with Gasteiger partial charge >= 0.3 is 5.97 Å². The van der Waals surface area contributed by atoms with Crippen molar-refractivity contribution in [3.8, 4) is 0 Å². The van der Waals surface area contributed by atoms with Gasteiger partial charge in [0.1, 0.15) is 0 Å². The molecule has 4 atom stereocenters. The van der Waals surface area contributed by atoms with Crippen LogP contribution >= 0.6 is 0 Å². The van der Waals surface area contributed by atoms with Crippen LogP contribution in [0.25, 0.3) is 0 Å². The lowest BCUT2D eigenvalue weighted by Gasteiger charge is -2.40. The van der Waals surface area contributed by atoms with E-state index in [2.05, 4.69) is 20.8 Å². The quantitative estimate of drug-likeness (QED) is 0.724. The van der Waals surface area contributed by atoms with Crippen molar-refractivity contribution >= 4 is 5.97 Å². The highest BCUT2D eigenvalue weighted by Gasteiger charge is 2.39. The van der Waals surface area contributed by atoms with Gasteiger partial charge in [0, 0.05) is 7.11 Å². The molecule has 1 rings (SSSR count). The van der Waals surface area contributed by atoms with Crippen LogP contribution in [0.2, 0.25) is 0 Å². The molecule has 0 aromatic carbocycles. The van der Waals surface area contributed by atoms with E-state index >= 15 is 0 Å². The first kappa shape index (κ1) is 16.4. The molecule has 1 saturated carbocycles.